The van der Waals surface area contributed by atoms with Crippen molar-refractivity contribution in [2.24, 2.45) is 0 Å². The van der Waals surface area contributed by atoms with Crippen LogP contribution in [0.5, 0.6) is 0 Å². The highest BCUT2D eigenvalue weighted by molar-refractivity contribution is 5.49. The van der Waals surface area contributed by atoms with Crippen molar-refractivity contribution in [3.8, 4) is 0 Å². The average molecular weight is 294 g/mol. The largest absolute Gasteiger partial charge is 0.395 e. The van der Waals surface area contributed by atoms with Gasteiger partial charge in [0.15, 0.2) is 0 Å². The molecule has 4 nitrogen and oxygen atoms in total. The van der Waals surface area contributed by atoms with Gasteiger partial charge >= 0.3 is 0 Å². The number of aliphatic hydroxyl groups excluding tert-OH is 1. The zero-order valence-electron chi connectivity index (χ0n) is 12.3. The number of hydrogen-bond acceptors (Lipinski definition) is 4. The van der Waals surface area contributed by atoms with Crippen molar-refractivity contribution in [3.05, 3.63) is 29.6 Å². The fourth-order valence-corrected chi connectivity index (χ4v) is 2.90. The molecular formula is C16H23FN2O2. The zero-order valence-corrected chi connectivity index (χ0v) is 12.3. The van der Waals surface area contributed by atoms with Crippen molar-refractivity contribution in [1.29, 1.82) is 0 Å². The summed E-state index contributed by atoms with van der Waals surface area (Å²) in [4.78, 5) is 4.28. The lowest BCUT2D eigenvalue weighted by Gasteiger charge is -2.29. The number of halogens is 1. The number of benzene rings is 1. The quantitative estimate of drug-likeness (QED) is 0.865. The second-order valence-corrected chi connectivity index (χ2v) is 5.81. The Morgan fingerprint density at radius 2 is 2.05 bits per heavy atom. The van der Waals surface area contributed by atoms with Crippen LogP contribution in [-0.2, 0) is 11.3 Å². The van der Waals surface area contributed by atoms with Crippen LogP contribution >= 0.6 is 0 Å². The van der Waals surface area contributed by atoms with E-state index < -0.39 is 0 Å². The number of morpholine rings is 1. The minimum atomic E-state index is -0.158. The van der Waals surface area contributed by atoms with Gasteiger partial charge in [-0.05, 0) is 30.5 Å². The first kappa shape index (κ1) is 14.8. The van der Waals surface area contributed by atoms with Gasteiger partial charge in [0.2, 0.25) is 0 Å². The van der Waals surface area contributed by atoms with Crippen molar-refractivity contribution in [2.75, 3.05) is 44.4 Å². The van der Waals surface area contributed by atoms with E-state index in [1.165, 1.54) is 12.8 Å². The molecule has 0 atom stereocenters. The molecule has 0 amide bonds. The molecular weight excluding hydrogens is 271 g/mol. The maximum atomic E-state index is 14.3. The molecule has 0 radical (unpaired) electrons. The Bertz CT molecular complexity index is 473. The number of aliphatic hydroxyl groups is 1. The summed E-state index contributed by atoms with van der Waals surface area (Å²) in [6.45, 7) is 4.35. The van der Waals surface area contributed by atoms with Gasteiger partial charge in [0.1, 0.15) is 5.82 Å². The SMILES string of the molecule is OCCN(Cc1ccc(N2CCOCC2)c(F)c1)C1CC1. The fraction of sp³-hybridized carbons (Fsp3) is 0.625. The molecule has 3 rings (SSSR count). The molecule has 0 unspecified atom stereocenters. The van der Waals surface area contributed by atoms with Crippen LogP contribution in [0.1, 0.15) is 18.4 Å². The highest BCUT2D eigenvalue weighted by Crippen LogP contribution is 2.29. The molecule has 1 N–H and O–H groups in total. The van der Waals surface area contributed by atoms with Gasteiger partial charge in [-0.1, -0.05) is 6.07 Å². The lowest BCUT2D eigenvalue weighted by atomic mass is 10.1. The van der Waals surface area contributed by atoms with E-state index in [-0.39, 0.29) is 12.4 Å². The van der Waals surface area contributed by atoms with Crippen LogP contribution in [-0.4, -0.2) is 55.5 Å². The first-order valence-electron chi connectivity index (χ1n) is 7.74. The molecule has 1 heterocycles. The molecule has 1 aliphatic carbocycles. The predicted octanol–water partition coefficient (Wildman–Crippen LogP) is 1.62. The highest BCUT2D eigenvalue weighted by Gasteiger charge is 2.28. The standard InChI is InChI=1S/C16H23FN2O2/c17-15-11-13(12-19(5-8-20)14-2-3-14)1-4-16(15)18-6-9-21-10-7-18/h1,4,11,14,20H,2-3,5-10,12H2. The average Bonchev–Trinajstić information content (AvgIpc) is 3.32. The fourth-order valence-electron chi connectivity index (χ4n) is 2.90. The van der Waals surface area contributed by atoms with Gasteiger partial charge in [-0.15, -0.1) is 0 Å². The normalized spacial score (nSPS) is 19.3. The van der Waals surface area contributed by atoms with Crippen molar-refractivity contribution >= 4 is 5.69 Å². The Kier molecular flexibility index (Phi) is 4.73. The van der Waals surface area contributed by atoms with E-state index in [1.54, 1.807) is 6.07 Å². The molecule has 2 aliphatic rings. The Balaban J connectivity index is 1.68. The molecule has 1 aliphatic heterocycles. The Hall–Kier alpha value is -1.17. The third-order valence-electron chi connectivity index (χ3n) is 4.20. The van der Waals surface area contributed by atoms with E-state index >= 15 is 0 Å². The molecule has 1 aromatic rings. The summed E-state index contributed by atoms with van der Waals surface area (Å²) in [5, 5.41) is 9.13. The van der Waals surface area contributed by atoms with Crippen LogP contribution < -0.4 is 4.90 Å². The van der Waals surface area contributed by atoms with E-state index in [2.05, 4.69) is 4.90 Å². The van der Waals surface area contributed by atoms with E-state index in [0.29, 0.717) is 38.0 Å². The van der Waals surface area contributed by atoms with E-state index in [1.807, 2.05) is 17.0 Å². The van der Waals surface area contributed by atoms with Gasteiger partial charge < -0.3 is 14.7 Å². The van der Waals surface area contributed by atoms with Crippen LogP contribution in [0.4, 0.5) is 10.1 Å². The van der Waals surface area contributed by atoms with Gasteiger partial charge in [-0.2, -0.15) is 0 Å². The summed E-state index contributed by atoms with van der Waals surface area (Å²) in [5.41, 5.74) is 1.65. The maximum absolute atomic E-state index is 14.3. The smallest absolute Gasteiger partial charge is 0.146 e. The molecule has 1 saturated heterocycles. The first-order valence-corrected chi connectivity index (χ1v) is 7.74. The van der Waals surface area contributed by atoms with Crippen LogP contribution in [0.2, 0.25) is 0 Å². The molecule has 21 heavy (non-hydrogen) atoms. The Labute approximate surface area is 125 Å². The van der Waals surface area contributed by atoms with E-state index in [4.69, 9.17) is 9.84 Å². The minimum absolute atomic E-state index is 0.158. The molecule has 1 saturated carbocycles. The van der Waals surface area contributed by atoms with Crippen molar-refractivity contribution in [3.63, 3.8) is 0 Å². The Morgan fingerprint density at radius 3 is 2.67 bits per heavy atom. The topological polar surface area (TPSA) is 35.9 Å². The summed E-state index contributed by atoms with van der Waals surface area (Å²) < 4.78 is 19.6. The minimum Gasteiger partial charge on any atom is -0.395 e. The molecule has 0 aromatic heterocycles. The second-order valence-electron chi connectivity index (χ2n) is 5.81. The van der Waals surface area contributed by atoms with Crippen LogP contribution in [0.25, 0.3) is 0 Å². The molecule has 5 heteroatoms. The monoisotopic (exact) mass is 294 g/mol. The molecule has 116 valence electrons. The number of rotatable bonds is 6. The van der Waals surface area contributed by atoms with Gasteiger partial charge in [-0.3, -0.25) is 4.90 Å². The summed E-state index contributed by atoms with van der Waals surface area (Å²) in [6, 6.07) is 6.08. The summed E-state index contributed by atoms with van der Waals surface area (Å²) in [6.07, 6.45) is 2.38. The van der Waals surface area contributed by atoms with E-state index in [0.717, 1.165) is 18.7 Å². The molecule has 1 aromatic carbocycles. The molecule has 0 spiro atoms. The summed E-state index contributed by atoms with van der Waals surface area (Å²) in [7, 11) is 0. The Morgan fingerprint density at radius 1 is 1.29 bits per heavy atom. The van der Waals surface area contributed by atoms with Crippen molar-refractivity contribution < 1.29 is 14.2 Å². The van der Waals surface area contributed by atoms with Crippen LogP contribution in [0, 0.1) is 5.82 Å². The molecule has 2 fully saturated rings. The second kappa shape index (κ2) is 6.73. The number of ether oxygens (including phenoxy) is 1. The van der Waals surface area contributed by atoms with Gasteiger partial charge in [-0.25, -0.2) is 4.39 Å². The predicted molar refractivity (Wildman–Crippen MR) is 79.9 cm³/mol. The van der Waals surface area contributed by atoms with Crippen molar-refractivity contribution in [2.45, 2.75) is 25.4 Å². The third-order valence-corrected chi connectivity index (χ3v) is 4.20. The maximum Gasteiger partial charge on any atom is 0.146 e. The summed E-state index contributed by atoms with van der Waals surface area (Å²) >= 11 is 0. The number of nitrogens with zero attached hydrogens (tertiary/aromatic N) is 2. The lowest BCUT2D eigenvalue weighted by Crippen LogP contribution is -2.36. The van der Waals surface area contributed by atoms with Gasteiger partial charge in [0, 0.05) is 32.2 Å². The number of anilines is 1. The molecule has 0 bridgehead atoms. The van der Waals surface area contributed by atoms with E-state index in [9.17, 15) is 4.39 Å². The first-order chi connectivity index (χ1) is 10.3. The third kappa shape index (κ3) is 3.73. The highest BCUT2D eigenvalue weighted by atomic mass is 19.1. The lowest BCUT2D eigenvalue weighted by molar-refractivity contribution is 0.122. The van der Waals surface area contributed by atoms with Crippen molar-refractivity contribution in [1.82, 2.24) is 4.90 Å². The van der Waals surface area contributed by atoms with Crippen LogP contribution in [0.3, 0.4) is 0 Å². The van der Waals surface area contributed by atoms with Gasteiger partial charge in [0.25, 0.3) is 0 Å². The summed E-state index contributed by atoms with van der Waals surface area (Å²) in [5.74, 6) is -0.158. The zero-order chi connectivity index (χ0) is 14.7. The van der Waals surface area contributed by atoms with Crippen LogP contribution in [0.15, 0.2) is 18.2 Å². The number of hydrogen-bond donors (Lipinski definition) is 1. The van der Waals surface area contributed by atoms with Gasteiger partial charge in [0.05, 0.1) is 25.5 Å².